The highest BCUT2D eigenvalue weighted by atomic mass is 19.1. The van der Waals surface area contributed by atoms with E-state index in [1.54, 1.807) is 12.1 Å². The molecule has 0 radical (unpaired) electrons. The molecule has 2 rings (SSSR count). The van der Waals surface area contributed by atoms with E-state index in [1.807, 2.05) is 0 Å². The standard InChI is InChI=1S/C16H18FNO/c1-13-4-2-5-14(10-13)12-18-8-9-19-16-7-3-6-15(17)11-16/h2-7,10-11,18H,8-9,12H2,1H3. The summed E-state index contributed by atoms with van der Waals surface area (Å²) in [7, 11) is 0. The molecule has 2 nitrogen and oxygen atoms in total. The van der Waals surface area contributed by atoms with Gasteiger partial charge in [-0.25, -0.2) is 4.39 Å². The third-order valence-electron chi connectivity index (χ3n) is 2.76. The van der Waals surface area contributed by atoms with Gasteiger partial charge in [0.25, 0.3) is 0 Å². The predicted octanol–water partition coefficient (Wildman–Crippen LogP) is 3.30. The van der Waals surface area contributed by atoms with Gasteiger partial charge in [0.15, 0.2) is 0 Å². The lowest BCUT2D eigenvalue weighted by atomic mass is 10.1. The molecule has 19 heavy (non-hydrogen) atoms. The quantitative estimate of drug-likeness (QED) is 0.804. The van der Waals surface area contributed by atoms with Gasteiger partial charge in [-0.3, -0.25) is 0 Å². The Morgan fingerprint density at radius 3 is 2.74 bits per heavy atom. The Labute approximate surface area is 113 Å². The zero-order valence-corrected chi connectivity index (χ0v) is 11.0. The van der Waals surface area contributed by atoms with Gasteiger partial charge in [0.1, 0.15) is 18.2 Å². The van der Waals surface area contributed by atoms with E-state index in [-0.39, 0.29) is 5.82 Å². The lowest BCUT2D eigenvalue weighted by Gasteiger charge is -2.08. The molecule has 100 valence electrons. The molecule has 0 atom stereocenters. The van der Waals surface area contributed by atoms with Crippen molar-refractivity contribution in [2.75, 3.05) is 13.2 Å². The van der Waals surface area contributed by atoms with E-state index in [0.29, 0.717) is 12.4 Å². The Hall–Kier alpha value is -1.87. The third kappa shape index (κ3) is 4.72. The Balaban J connectivity index is 1.67. The Morgan fingerprint density at radius 2 is 1.95 bits per heavy atom. The molecule has 0 saturated heterocycles. The van der Waals surface area contributed by atoms with Crippen LogP contribution in [0.1, 0.15) is 11.1 Å². The SMILES string of the molecule is Cc1cccc(CNCCOc2cccc(F)c2)c1. The maximum Gasteiger partial charge on any atom is 0.126 e. The van der Waals surface area contributed by atoms with Crippen LogP contribution in [0.15, 0.2) is 48.5 Å². The summed E-state index contributed by atoms with van der Waals surface area (Å²) >= 11 is 0. The molecule has 0 aromatic heterocycles. The molecule has 1 N–H and O–H groups in total. The maximum absolute atomic E-state index is 12.9. The molecule has 2 aromatic rings. The molecule has 0 fully saturated rings. The van der Waals surface area contributed by atoms with Crippen molar-refractivity contribution < 1.29 is 9.13 Å². The topological polar surface area (TPSA) is 21.3 Å². The van der Waals surface area contributed by atoms with Crippen LogP contribution in [0.25, 0.3) is 0 Å². The van der Waals surface area contributed by atoms with Crippen LogP contribution in [-0.4, -0.2) is 13.2 Å². The number of rotatable bonds is 6. The lowest BCUT2D eigenvalue weighted by Crippen LogP contribution is -2.20. The third-order valence-corrected chi connectivity index (χ3v) is 2.76. The monoisotopic (exact) mass is 259 g/mol. The van der Waals surface area contributed by atoms with Crippen molar-refractivity contribution in [3.05, 3.63) is 65.5 Å². The Morgan fingerprint density at radius 1 is 1.11 bits per heavy atom. The summed E-state index contributed by atoms with van der Waals surface area (Å²) in [5.41, 5.74) is 2.51. The van der Waals surface area contributed by atoms with Crippen molar-refractivity contribution in [3.8, 4) is 5.75 Å². The van der Waals surface area contributed by atoms with E-state index in [9.17, 15) is 4.39 Å². The van der Waals surface area contributed by atoms with Crippen LogP contribution >= 0.6 is 0 Å². The predicted molar refractivity (Wildman–Crippen MR) is 74.8 cm³/mol. The van der Waals surface area contributed by atoms with Crippen molar-refractivity contribution in [2.45, 2.75) is 13.5 Å². The zero-order valence-electron chi connectivity index (χ0n) is 11.0. The molecule has 0 heterocycles. The number of hydrogen-bond acceptors (Lipinski definition) is 2. The average Bonchev–Trinajstić information content (AvgIpc) is 2.38. The molecule has 0 bridgehead atoms. The van der Waals surface area contributed by atoms with Gasteiger partial charge >= 0.3 is 0 Å². The van der Waals surface area contributed by atoms with Crippen molar-refractivity contribution in [3.63, 3.8) is 0 Å². The number of halogens is 1. The second-order valence-electron chi connectivity index (χ2n) is 4.47. The van der Waals surface area contributed by atoms with Crippen molar-refractivity contribution in [1.29, 1.82) is 0 Å². The summed E-state index contributed by atoms with van der Waals surface area (Å²) in [4.78, 5) is 0. The first kappa shape index (κ1) is 13.6. The van der Waals surface area contributed by atoms with Crippen molar-refractivity contribution >= 4 is 0 Å². The number of nitrogens with one attached hydrogen (secondary N) is 1. The van der Waals surface area contributed by atoms with Crippen molar-refractivity contribution in [2.24, 2.45) is 0 Å². The first-order valence-electron chi connectivity index (χ1n) is 6.39. The summed E-state index contributed by atoms with van der Waals surface area (Å²) in [5, 5.41) is 3.30. The second-order valence-corrected chi connectivity index (χ2v) is 4.47. The molecule has 0 aliphatic heterocycles. The van der Waals surface area contributed by atoms with Crippen LogP contribution < -0.4 is 10.1 Å². The van der Waals surface area contributed by atoms with Gasteiger partial charge in [-0.05, 0) is 24.6 Å². The van der Waals surface area contributed by atoms with E-state index >= 15 is 0 Å². The van der Waals surface area contributed by atoms with Crippen LogP contribution in [-0.2, 0) is 6.54 Å². The normalized spacial score (nSPS) is 10.4. The fourth-order valence-corrected chi connectivity index (χ4v) is 1.85. The van der Waals surface area contributed by atoms with E-state index in [2.05, 4.69) is 36.5 Å². The minimum atomic E-state index is -0.273. The van der Waals surface area contributed by atoms with E-state index < -0.39 is 0 Å². The summed E-state index contributed by atoms with van der Waals surface area (Å²) < 4.78 is 18.4. The Kier molecular flexibility index (Phi) is 4.93. The van der Waals surface area contributed by atoms with Crippen LogP contribution in [0.3, 0.4) is 0 Å². The fraction of sp³-hybridized carbons (Fsp3) is 0.250. The molecule has 3 heteroatoms. The molecule has 0 aliphatic carbocycles. The van der Waals surface area contributed by atoms with E-state index in [4.69, 9.17) is 4.74 Å². The molecule has 0 amide bonds. The molecule has 0 spiro atoms. The van der Waals surface area contributed by atoms with Gasteiger partial charge in [0, 0.05) is 19.2 Å². The Bertz CT molecular complexity index is 480. The molecule has 0 saturated carbocycles. The van der Waals surface area contributed by atoms with Crippen LogP contribution in [0, 0.1) is 12.7 Å². The summed E-state index contributed by atoms with van der Waals surface area (Å²) in [6, 6.07) is 14.6. The van der Waals surface area contributed by atoms with Crippen LogP contribution in [0.2, 0.25) is 0 Å². The number of ether oxygens (including phenoxy) is 1. The maximum atomic E-state index is 12.9. The molecular formula is C16H18FNO. The van der Waals surface area contributed by atoms with E-state index in [1.165, 1.54) is 23.3 Å². The van der Waals surface area contributed by atoms with Gasteiger partial charge in [-0.15, -0.1) is 0 Å². The molecular weight excluding hydrogens is 241 g/mol. The van der Waals surface area contributed by atoms with Gasteiger partial charge in [0.2, 0.25) is 0 Å². The highest BCUT2D eigenvalue weighted by molar-refractivity contribution is 5.23. The lowest BCUT2D eigenvalue weighted by molar-refractivity contribution is 0.312. The van der Waals surface area contributed by atoms with Gasteiger partial charge in [-0.2, -0.15) is 0 Å². The number of hydrogen-bond donors (Lipinski definition) is 1. The average molecular weight is 259 g/mol. The number of aryl methyl sites for hydroxylation is 1. The molecule has 0 unspecified atom stereocenters. The second kappa shape index (κ2) is 6.90. The first-order chi connectivity index (χ1) is 9.24. The summed E-state index contributed by atoms with van der Waals surface area (Å²) in [5.74, 6) is 0.294. The minimum absolute atomic E-state index is 0.273. The zero-order chi connectivity index (χ0) is 13.5. The number of benzene rings is 2. The van der Waals surface area contributed by atoms with Gasteiger partial charge in [0.05, 0.1) is 0 Å². The molecule has 2 aromatic carbocycles. The van der Waals surface area contributed by atoms with Crippen molar-refractivity contribution in [1.82, 2.24) is 5.32 Å². The summed E-state index contributed by atoms with van der Waals surface area (Å²) in [6.45, 7) is 4.14. The largest absolute Gasteiger partial charge is 0.492 e. The fourth-order valence-electron chi connectivity index (χ4n) is 1.85. The smallest absolute Gasteiger partial charge is 0.126 e. The first-order valence-corrected chi connectivity index (χ1v) is 6.39. The highest BCUT2D eigenvalue weighted by Crippen LogP contribution is 2.11. The van der Waals surface area contributed by atoms with Gasteiger partial charge < -0.3 is 10.1 Å². The van der Waals surface area contributed by atoms with Crippen LogP contribution in [0.5, 0.6) is 5.75 Å². The van der Waals surface area contributed by atoms with Crippen LogP contribution in [0.4, 0.5) is 4.39 Å². The molecule has 0 aliphatic rings. The van der Waals surface area contributed by atoms with Gasteiger partial charge in [-0.1, -0.05) is 35.9 Å². The highest BCUT2D eigenvalue weighted by Gasteiger charge is 1.96. The minimum Gasteiger partial charge on any atom is -0.492 e. The van der Waals surface area contributed by atoms with E-state index in [0.717, 1.165) is 13.1 Å². The summed E-state index contributed by atoms with van der Waals surface area (Å²) in [6.07, 6.45) is 0.